The van der Waals surface area contributed by atoms with Gasteiger partial charge < -0.3 is 15.0 Å². The van der Waals surface area contributed by atoms with Gasteiger partial charge in [-0.15, -0.1) is 0 Å². The molecule has 28 heavy (non-hydrogen) atoms. The molecule has 0 aliphatic carbocycles. The first-order chi connectivity index (χ1) is 13.3. The maximum absolute atomic E-state index is 13.0. The van der Waals surface area contributed by atoms with Crippen molar-refractivity contribution in [3.63, 3.8) is 0 Å². The Bertz CT molecular complexity index is 795. The van der Waals surface area contributed by atoms with Gasteiger partial charge in [0, 0.05) is 13.6 Å². The van der Waals surface area contributed by atoms with Crippen LogP contribution in [0.3, 0.4) is 0 Å². The van der Waals surface area contributed by atoms with Gasteiger partial charge in [-0.25, -0.2) is 0 Å². The summed E-state index contributed by atoms with van der Waals surface area (Å²) < 4.78 is 5.75. The van der Waals surface area contributed by atoms with E-state index in [4.69, 9.17) is 4.74 Å². The zero-order valence-corrected chi connectivity index (χ0v) is 17.4. The number of hydrogen-bond donors (Lipinski definition) is 1. The number of benzene rings is 2. The number of carbonyl (C=O) groups excluding carboxylic acids is 2. The number of nitrogens with one attached hydrogen (secondary N) is 1. The summed E-state index contributed by atoms with van der Waals surface area (Å²) in [6, 6.07) is 13.3. The van der Waals surface area contributed by atoms with E-state index in [1.807, 2.05) is 64.1 Å². The van der Waals surface area contributed by atoms with E-state index in [1.54, 1.807) is 11.9 Å². The molecule has 0 fully saturated rings. The van der Waals surface area contributed by atoms with Gasteiger partial charge in [0.1, 0.15) is 11.8 Å². The summed E-state index contributed by atoms with van der Waals surface area (Å²) in [7, 11) is 1.59. The zero-order chi connectivity index (χ0) is 20.7. The summed E-state index contributed by atoms with van der Waals surface area (Å²) in [6.07, 6.45) is 0.529. The van der Waals surface area contributed by atoms with Crippen LogP contribution in [0.15, 0.2) is 42.5 Å². The highest BCUT2D eigenvalue weighted by Crippen LogP contribution is 2.18. The van der Waals surface area contributed by atoms with Gasteiger partial charge in [0.15, 0.2) is 6.61 Å². The fourth-order valence-electron chi connectivity index (χ4n) is 3.22. The lowest BCUT2D eigenvalue weighted by atomic mass is 10.1. The number of amides is 2. The molecule has 0 aliphatic heterocycles. The van der Waals surface area contributed by atoms with Crippen LogP contribution in [-0.4, -0.2) is 36.4 Å². The first kappa shape index (κ1) is 21.5. The Hall–Kier alpha value is -2.82. The molecule has 0 aliphatic rings. The standard InChI is InChI=1S/C23H30N2O3/c1-6-21(23(27)24-5)25(14-19-9-7-16(2)8-10-19)22(26)15-28-20-12-17(3)11-18(4)13-20/h7-13,21H,6,14-15H2,1-5H3,(H,24,27)/t21-/m1/s1. The molecule has 0 bridgehead atoms. The predicted octanol–water partition coefficient (Wildman–Crippen LogP) is 3.54. The number of ether oxygens (including phenoxy) is 1. The molecule has 0 saturated heterocycles. The van der Waals surface area contributed by atoms with Crippen LogP contribution in [0, 0.1) is 20.8 Å². The summed E-state index contributed by atoms with van der Waals surface area (Å²) in [4.78, 5) is 27.0. The third kappa shape index (κ3) is 5.84. The van der Waals surface area contributed by atoms with E-state index < -0.39 is 6.04 Å². The summed E-state index contributed by atoms with van der Waals surface area (Å²) in [5.74, 6) is 0.277. The van der Waals surface area contributed by atoms with Gasteiger partial charge in [-0.3, -0.25) is 9.59 Å². The Morgan fingerprint density at radius 1 is 1.00 bits per heavy atom. The molecule has 2 aromatic carbocycles. The molecule has 5 nitrogen and oxygen atoms in total. The lowest BCUT2D eigenvalue weighted by molar-refractivity contribution is -0.142. The Labute approximate surface area is 167 Å². The second kappa shape index (κ2) is 9.93. The van der Waals surface area contributed by atoms with Gasteiger partial charge >= 0.3 is 0 Å². The quantitative estimate of drug-likeness (QED) is 0.760. The lowest BCUT2D eigenvalue weighted by Crippen LogP contribution is -2.49. The molecule has 0 radical (unpaired) electrons. The van der Waals surface area contributed by atoms with Crippen molar-refractivity contribution in [1.82, 2.24) is 10.2 Å². The SMILES string of the molecule is CC[C@H](C(=O)NC)N(Cc1ccc(C)cc1)C(=O)COc1cc(C)cc(C)c1. The lowest BCUT2D eigenvalue weighted by Gasteiger charge is -2.30. The molecule has 0 aromatic heterocycles. The van der Waals surface area contributed by atoms with Gasteiger partial charge in [0.25, 0.3) is 5.91 Å². The number of rotatable bonds is 8. The normalized spacial score (nSPS) is 11.6. The Balaban J connectivity index is 2.19. The summed E-state index contributed by atoms with van der Waals surface area (Å²) in [6.45, 7) is 8.15. The molecule has 1 atom stereocenters. The van der Waals surface area contributed by atoms with Crippen molar-refractivity contribution < 1.29 is 14.3 Å². The predicted molar refractivity (Wildman–Crippen MR) is 111 cm³/mol. The van der Waals surface area contributed by atoms with Crippen LogP contribution in [0.4, 0.5) is 0 Å². The number of nitrogens with zero attached hydrogens (tertiary/aromatic N) is 1. The smallest absolute Gasteiger partial charge is 0.261 e. The van der Waals surface area contributed by atoms with Gasteiger partial charge in [-0.2, -0.15) is 0 Å². The third-order valence-electron chi connectivity index (χ3n) is 4.66. The van der Waals surface area contributed by atoms with Crippen LogP contribution >= 0.6 is 0 Å². The minimum atomic E-state index is -0.540. The zero-order valence-electron chi connectivity index (χ0n) is 17.4. The van der Waals surface area contributed by atoms with Gasteiger partial charge in [0.05, 0.1) is 0 Å². The summed E-state index contributed by atoms with van der Waals surface area (Å²) in [5, 5.41) is 2.66. The number of carbonyl (C=O) groups is 2. The van der Waals surface area contributed by atoms with Crippen LogP contribution < -0.4 is 10.1 Å². The van der Waals surface area contributed by atoms with E-state index in [1.165, 1.54) is 0 Å². The monoisotopic (exact) mass is 382 g/mol. The molecular formula is C23H30N2O3. The van der Waals surface area contributed by atoms with Crippen LogP contribution in [0.25, 0.3) is 0 Å². The molecule has 2 rings (SSSR count). The Morgan fingerprint density at radius 2 is 1.61 bits per heavy atom. The first-order valence-corrected chi connectivity index (χ1v) is 9.61. The second-order valence-electron chi connectivity index (χ2n) is 7.16. The highest BCUT2D eigenvalue weighted by molar-refractivity contribution is 5.88. The van der Waals surface area contributed by atoms with E-state index in [0.29, 0.717) is 18.7 Å². The van der Waals surface area contributed by atoms with Gasteiger partial charge in [-0.05, 0) is 56.0 Å². The second-order valence-corrected chi connectivity index (χ2v) is 7.16. The van der Waals surface area contributed by atoms with Crippen molar-refractivity contribution in [2.45, 2.75) is 46.7 Å². The molecule has 2 aromatic rings. The molecule has 0 saturated carbocycles. The van der Waals surface area contributed by atoms with Gasteiger partial charge in [0.2, 0.25) is 5.91 Å². The largest absolute Gasteiger partial charge is 0.484 e. The minimum absolute atomic E-state index is 0.109. The average Bonchev–Trinajstić information content (AvgIpc) is 2.66. The van der Waals surface area contributed by atoms with Crippen LogP contribution in [0.1, 0.15) is 35.6 Å². The molecule has 0 spiro atoms. The molecule has 1 N–H and O–H groups in total. The highest BCUT2D eigenvalue weighted by Gasteiger charge is 2.28. The average molecular weight is 383 g/mol. The van der Waals surface area contributed by atoms with Crippen molar-refractivity contribution in [3.8, 4) is 5.75 Å². The van der Waals surface area contributed by atoms with Crippen molar-refractivity contribution in [2.24, 2.45) is 0 Å². The van der Waals surface area contributed by atoms with Crippen LogP contribution in [0.5, 0.6) is 5.75 Å². The maximum atomic E-state index is 13.0. The van der Waals surface area contributed by atoms with Crippen molar-refractivity contribution >= 4 is 11.8 Å². The molecular weight excluding hydrogens is 352 g/mol. The number of hydrogen-bond acceptors (Lipinski definition) is 3. The minimum Gasteiger partial charge on any atom is -0.484 e. The van der Waals surface area contributed by atoms with Crippen LogP contribution in [0.2, 0.25) is 0 Å². The van der Waals surface area contributed by atoms with E-state index in [0.717, 1.165) is 22.3 Å². The van der Waals surface area contributed by atoms with Crippen molar-refractivity contribution in [2.75, 3.05) is 13.7 Å². The van der Waals surface area contributed by atoms with Crippen LogP contribution in [-0.2, 0) is 16.1 Å². The maximum Gasteiger partial charge on any atom is 0.261 e. The van der Waals surface area contributed by atoms with Gasteiger partial charge in [-0.1, -0.05) is 42.8 Å². The number of aryl methyl sites for hydroxylation is 3. The molecule has 2 amide bonds. The summed E-state index contributed by atoms with van der Waals surface area (Å²) >= 11 is 0. The fourth-order valence-corrected chi connectivity index (χ4v) is 3.22. The molecule has 150 valence electrons. The van der Waals surface area contributed by atoms with E-state index >= 15 is 0 Å². The Morgan fingerprint density at radius 3 is 2.14 bits per heavy atom. The molecule has 0 heterocycles. The van der Waals surface area contributed by atoms with E-state index in [-0.39, 0.29) is 18.4 Å². The topological polar surface area (TPSA) is 58.6 Å². The van der Waals surface area contributed by atoms with Crippen molar-refractivity contribution in [1.29, 1.82) is 0 Å². The van der Waals surface area contributed by atoms with Crippen molar-refractivity contribution in [3.05, 3.63) is 64.7 Å². The van der Waals surface area contributed by atoms with E-state index in [9.17, 15) is 9.59 Å². The van der Waals surface area contributed by atoms with E-state index in [2.05, 4.69) is 11.4 Å². The summed E-state index contributed by atoms with van der Waals surface area (Å²) in [5.41, 5.74) is 4.29. The number of likely N-dealkylation sites (N-methyl/N-ethyl adjacent to an activating group) is 1. The first-order valence-electron chi connectivity index (χ1n) is 9.61. The third-order valence-corrected chi connectivity index (χ3v) is 4.66. The Kier molecular flexibility index (Phi) is 7.61. The highest BCUT2D eigenvalue weighted by atomic mass is 16.5. The molecule has 5 heteroatoms. The molecule has 0 unspecified atom stereocenters. The fraction of sp³-hybridized carbons (Fsp3) is 0.391.